The molecule has 0 bridgehead atoms. The number of benzene rings is 1. The Hall–Kier alpha value is -1.01. The molecule has 1 rings (SSSR count). The Bertz CT molecular complexity index is 283. The normalized spacial score (nSPS) is 12.3. The molecule has 0 nitrogen and oxygen atoms in total. The van der Waals surface area contributed by atoms with Crippen LogP contribution in [-0.2, 0) is 0 Å². The van der Waals surface area contributed by atoms with Crippen LogP contribution in [-0.4, -0.2) is 0 Å². The van der Waals surface area contributed by atoms with Crippen molar-refractivity contribution in [2.45, 2.75) is 6.92 Å². The zero-order valence-corrected chi connectivity index (χ0v) is 7.75. The van der Waals surface area contributed by atoms with Crippen molar-refractivity contribution in [1.29, 1.82) is 0 Å². The van der Waals surface area contributed by atoms with Crippen LogP contribution in [0.4, 0.5) is 0 Å². The van der Waals surface area contributed by atoms with Crippen molar-refractivity contribution in [3.63, 3.8) is 0 Å². The maximum atomic E-state index is 5.41. The molecule has 1 aromatic carbocycles. The monoisotopic (exact) mass is 178 g/mol. The molecule has 0 fully saturated rings. The lowest BCUT2D eigenvalue weighted by molar-refractivity contribution is 1.57. The molecule has 0 amide bonds. The summed E-state index contributed by atoms with van der Waals surface area (Å²) in [4.78, 5) is 0. The molecule has 0 saturated heterocycles. The first-order valence-electron chi connectivity index (χ1n) is 3.83. The number of hydrogen-bond acceptors (Lipinski definition) is 0. The molecule has 0 aliphatic rings. The van der Waals surface area contributed by atoms with Crippen LogP contribution in [0.15, 0.2) is 48.0 Å². The minimum Gasteiger partial charge on any atom is -0.0930 e. The van der Waals surface area contributed by atoms with Crippen LogP contribution in [0, 0.1) is 0 Å². The molecule has 0 heterocycles. The molecule has 1 heteroatoms. The first-order chi connectivity index (χ1) is 5.84. The van der Waals surface area contributed by atoms with E-state index in [0.29, 0.717) is 0 Å². The standard InChI is InChI=1S/C11H11Cl/c1-10(6-5-9-12)11-7-3-2-4-8-11/h2-9H,1H3/b9-5-,10-6+. The topological polar surface area (TPSA) is 0 Å². The third-order valence-corrected chi connectivity index (χ3v) is 1.79. The predicted molar refractivity (Wildman–Crippen MR) is 55.1 cm³/mol. The van der Waals surface area contributed by atoms with Crippen LogP contribution in [0.3, 0.4) is 0 Å². The van der Waals surface area contributed by atoms with E-state index in [1.54, 1.807) is 0 Å². The van der Waals surface area contributed by atoms with Gasteiger partial charge in [0.05, 0.1) is 0 Å². The van der Waals surface area contributed by atoms with Gasteiger partial charge in [0.15, 0.2) is 0 Å². The van der Waals surface area contributed by atoms with E-state index < -0.39 is 0 Å². The highest BCUT2D eigenvalue weighted by Crippen LogP contribution is 2.12. The summed E-state index contributed by atoms with van der Waals surface area (Å²) in [5, 5.41) is 0. The van der Waals surface area contributed by atoms with Crippen LogP contribution >= 0.6 is 11.6 Å². The van der Waals surface area contributed by atoms with E-state index in [-0.39, 0.29) is 0 Å². The van der Waals surface area contributed by atoms with E-state index in [1.807, 2.05) is 30.4 Å². The van der Waals surface area contributed by atoms with Crippen molar-refractivity contribution < 1.29 is 0 Å². The van der Waals surface area contributed by atoms with Gasteiger partial charge in [-0.05, 0) is 18.1 Å². The number of halogens is 1. The van der Waals surface area contributed by atoms with Crippen LogP contribution in [0.25, 0.3) is 5.57 Å². The highest BCUT2D eigenvalue weighted by Gasteiger charge is 1.89. The van der Waals surface area contributed by atoms with E-state index in [4.69, 9.17) is 11.6 Å². The number of allylic oxidation sites excluding steroid dienone is 3. The van der Waals surface area contributed by atoms with E-state index >= 15 is 0 Å². The smallest absolute Gasteiger partial charge is 0.00425 e. The van der Waals surface area contributed by atoms with Gasteiger partial charge in [0.25, 0.3) is 0 Å². The first kappa shape index (κ1) is 9.08. The second-order valence-corrected chi connectivity index (χ2v) is 2.79. The van der Waals surface area contributed by atoms with E-state index in [0.717, 1.165) is 0 Å². The van der Waals surface area contributed by atoms with Gasteiger partial charge < -0.3 is 0 Å². The molecule has 0 atom stereocenters. The Morgan fingerprint density at radius 1 is 1.25 bits per heavy atom. The fourth-order valence-electron chi connectivity index (χ4n) is 0.978. The summed E-state index contributed by atoms with van der Waals surface area (Å²) in [5.74, 6) is 0. The quantitative estimate of drug-likeness (QED) is 0.604. The SMILES string of the molecule is C/C(=C\C=C/Cl)c1ccccc1. The van der Waals surface area contributed by atoms with Crippen molar-refractivity contribution in [3.8, 4) is 0 Å². The van der Waals surface area contributed by atoms with Crippen molar-refractivity contribution in [2.24, 2.45) is 0 Å². The molecule has 0 aromatic heterocycles. The summed E-state index contributed by atoms with van der Waals surface area (Å²) in [7, 11) is 0. The highest BCUT2D eigenvalue weighted by molar-refractivity contribution is 6.25. The van der Waals surface area contributed by atoms with E-state index in [2.05, 4.69) is 19.1 Å². The van der Waals surface area contributed by atoms with Crippen LogP contribution in [0.5, 0.6) is 0 Å². The Labute approximate surface area is 78.2 Å². The minimum absolute atomic E-state index is 1.22. The molecule has 0 aliphatic heterocycles. The molecule has 0 N–H and O–H groups in total. The molecular formula is C11H11Cl. The molecule has 0 spiro atoms. The lowest BCUT2D eigenvalue weighted by Crippen LogP contribution is -1.75. The van der Waals surface area contributed by atoms with E-state index in [9.17, 15) is 0 Å². The number of rotatable bonds is 2. The van der Waals surface area contributed by atoms with Gasteiger partial charge in [0.1, 0.15) is 0 Å². The second-order valence-electron chi connectivity index (χ2n) is 2.53. The van der Waals surface area contributed by atoms with Gasteiger partial charge in [-0.3, -0.25) is 0 Å². The molecular weight excluding hydrogens is 168 g/mol. The zero-order chi connectivity index (χ0) is 8.81. The molecule has 12 heavy (non-hydrogen) atoms. The molecule has 62 valence electrons. The van der Waals surface area contributed by atoms with Gasteiger partial charge >= 0.3 is 0 Å². The van der Waals surface area contributed by atoms with Gasteiger partial charge in [-0.2, -0.15) is 0 Å². The van der Waals surface area contributed by atoms with Gasteiger partial charge in [-0.15, -0.1) is 0 Å². The van der Waals surface area contributed by atoms with Gasteiger partial charge in [0.2, 0.25) is 0 Å². The predicted octanol–water partition coefficient (Wildman–Crippen LogP) is 3.84. The maximum absolute atomic E-state index is 5.41. The lowest BCUT2D eigenvalue weighted by atomic mass is 10.1. The van der Waals surface area contributed by atoms with Crippen molar-refractivity contribution in [2.75, 3.05) is 0 Å². The summed E-state index contributed by atoms with van der Waals surface area (Å²) in [6, 6.07) is 10.2. The Balaban J connectivity index is 2.85. The first-order valence-corrected chi connectivity index (χ1v) is 4.27. The summed E-state index contributed by atoms with van der Waals surface area (Å²) in [6.07, 6.45) is 3.81. The molecule has 0 unspecified atom stereocenters. The highest BCUT2D eigenvalue weighted by atomic mass is 35.5. The van der Waals surface area contributed by atoms with E-state index in [1.165, 1.54) is 16.7 Å². The Morgan fingerprint density at radius 3 is 2.50 bits per heavy atom. The average Bonchev–Trinajstić information content (AvgIpc) is 2.15. The fourth-order valence-corrected chi connectivity index (χ4v) is 1.05. The summed E-state index contributed by atoms with van der Waals surface area (Å²) < 4.78 is 0. The van der Waals surface area contributed by atoms with Crippen LogP contribution in [0.2, 0.25) is 0 Å². The molecule has 0 radical (unpaired) electrons. The third kappa shape index (κ3) is 2.55. The summed E-state index contributed by atoms with van der Waals surface area (Å²) in [5.41, 5.74) is 3.95. The van der Waals surface area contributed by atoms with Gasteiger partial charge in [-0.25, -0.2) is 0 Å². The van der Waals surface area contributed by atoms with Crippen LogP contribution in [0.1, 0.15) is 12.5 Å². The van der Waals surface area contributed by atoms with Gasteiger partial charge in [0, 0.05) is 5.54 Å². The summed E-state index contributed by atoms with van der Waals surface area (Å²) >= 11 is 5.41. The molecule has 0 aliphatic carbocycles. The number of hydrogen-bond donors (Lipinski definition) is 0. The molecule has 1 aromatic rings. The zero-order valence-electron chi connectivity index (χ0n) is 7.00. The van der Waals surface area contributed by atoms with Crippen molar-refractivity contribution >= 4 is 17.2 Å². The van der Waals surface area contributed by atoms with Crippen molar-refractivity contribution in [3.05, 3.63) is 53.6 Å². The third-order valence-electron chi connectivity index (χ3n) is 1.65. The van der Waals surface area contributed by atoms with Gasteiger partial charge in [-0.1, -0.05) is 54.1 Å². The minimum atomic E-state index is 1.22. The van der Waals surface area contributed by atoms with Crippen molar-refractivity contribution in [1.82, 2.24) is 0 Å². The second kappa shape index (κ2) is 4.78. The largest absolute Gasteiger partial charge is 0.0930 e. The van der Waals surface area contributed by atoms with Crippen LogP contribution < -0.4 is 0 Å². The lowest BCUT2D eigenvalue weighted by Gasteiger charge is -1.97. The summed E-state index contributed by atoms with van der Waals surface area (Å²) in [6.45, 7) is 2.06. The fraction of sp³-hybridized carbons (Fsp3) is 0.0909. The average molecular weight is 179 g/mol. The maximum Gasteiger partial charge on any atom is 0.00425 e. The Kier molecular flexibility index (Phi) is 3.62. The molecule has 0 saturated carbocycles. The Morgan fingerprint density at radius 2 is 1.92 bits per heavy atom.